The number of amides is 1. The molecule has 1 heterocycles. The molecule has 1 N–H and O–H groups in total. The van der Waals surface area contributed by atoms with Crippen molar-refractivity contribution in [2.24, 2.45) is 0 Å². The summed E-state index contributed by atoms with van der Waals surface area (Å²) in [5.74, 6) is 0. The number of likely N-dealkylation sites (tertiary alicyclic amines) is 1. The normalized spacial score (nSPS) is 18.4. The molecule has 106 valence electrons. The Morgan fingerprint density at radius 1 is 1.44 bits per heavy atom. The lowest BCUT2D eigenvalue weighted by Crippen LogP contribution is -2.62. The smallest absolute Gasteiger partial charge is 0.410 e. The van der Waals surface area contributed by atoms with Gasteiger partial charge in [0.05, 0.1) is 6.61 Å². The molecule has 1 saturated heterocycles. The van der Waals surface area contributed by atoms with Crippen LogP contribution in [-0.2, 0) is 9.47 Å². The molecule has 1 atom stereocenters. The third-order valence-electron chi connectivity index (χ3n) is 2.63. The van der Waals surface area contributed by atoms with Crippen molar-refractivity contribution in [2.75, 3.05) is 26.3 Å². The Kier molecular flexibility index (Phi) is 5.41. The minimum atomic E-state index is -0.419. The minimum absolute atomic E-state index is 0.224. The number of carbonyl (C=O) groups excluding carboxylic acids is 1. The van der Waals surface area contributed by atoms with Gasteiger partial charge in [-0.3, -0.25) is 0 Å². The second kappa shape index (κ2) is 6.38. The summed E-state index contributed by atoms with van der Waals surface area (Å²) in [6, 6.07) is 0.670. The fraction of sp³-hybridized carbons (Fsp3) is 0.923. The Balaban J connectivity index is 2.17. The molecule has 1 rings (SSSR count). The number of rotatable bonds is 5. The Morgan fingerprint density at radius 2 is 2.06 bits per heavy atom. The highest BCUT2D eigenvalue weighted by Gasteiger charge is 2.33. The summed E-state index contributed by atoms with van der Waals surface area (Å²) in [6.07, 6.45) is -0.224. The Morgan fingerprint density at radius 3 is 2.56 bits per heavy atom. The van der Waals surface area contributed by atoms with E-state index < -0.39 is 5.60 Å². The second-order valence-electron chi connectivity index (χ2n) is 5.81. The van der Waals surface area contributed by atoms with Crippen LogP contribution in [0, 0.1) is 0 Å². The summed E-state index contributed by atoms with van der Waals surface area (Å²) in [5.41, 5.74) is -0.419. The van der Waals surface area contributed by atoms with E-state index in [0.717, 1.165) is 6.61 Å². The molecule has 1 fully saturated rings. The van der Waals surface area contributed by atoms with Crippen molar-refractivity contribution in [2.45, 2.75) is 52.3 Å². The number of hydrogen-bond acceptors (Lipinski definition) is 4. The molecule has 0 aliphatic carbocycles. The first-order chi connectivity index (χ1) is 8.31. The predicted octanol–water partition coefficient (Wildman–Crippen LogP) is 1.62. The average molecular weight is 258 g/mol. The van der Waals surface area contributed by atoms with E-state index in [1.165, 1.54) is 0 Å². The van der Waals surface area contributed by atoms with E-state index in [0.29, 0.717) is 31.8 Å². The van der Waals surface area contributed by atoms with Crippen molar-refractivity contribution in [3.63, 3.8) is 0 Å². The number of nitrogens with one attached hydrogen (secondary N) is 1. The van der Waals surface area contributed by atoms with Gasteiger partial charge in [-0.15, -0.1) is 0 Å². The summed E-state index contributed by atoms with van der Waals surface area (Å²) in [6.45, 7) is 12.6. The largest absolute Gasteiger partial charge is 0.444 e. The van der Waals surface area contributed by atoms with Crippen molar-refractivity contribution >= 4 is 6.09 Å². The third kappa shape index (κ3) is 5.23. The van der Waals surface area contributed by atoms with Gasteiger partial charge in [-0.1, -0.05) is 0 Å². The number of ether oxygens (including phenoxy) is 2. The maximum atomic E-state index is 11.7. The van der Waals surface area contributed by atoms with Crippen molar-refractivity contribution in [3.8, 4) is 0 Å². The highest BCUT2D eigenvalue weighted by atomic mass is 16.6. The van der Waals surface area contributed by atoms with E-state index in [-0.39, 0.29) is 6.09 Å². The first-order valence-electron chi connectivity index (χ1n) is 6.63. The molecule has 0 aromatic carbocycles. The van der Waals surface area contributed by atoms with Crippen LogP contribution in [0.25, 0.3) is 0 Å². The summed E-state index contributed by atoms with van der Waals surface area (Å²) in [5, 5.41) is 3.42. The number of hydrogen-bond donors (Lipinski definition) is 1. The molecule has 1 unspecified atom stereocenters. The molecule has 1 aliphatic heterocycles. The lowest BCUT2D eigenvalue weighted by molar-refractivity contribution is 0.00283. The van der Waals surface area contributed by atoms with Crippen LogP contribution in [0.4, 0.5) is 4.79 Å². The Hall–Kier alpha value is -0.810. The zero-order chi connectivity index (χ0) is 13.8. The predicted molar refractivity (Wildman–Crippen MR) is 70.7 cm³/mol. The standard InChI is InChI=1S/C13H26N2O3/c1-6-17-9-10(2)14-11-7-15(8-11)12(16)18-13(3,4)5/h10-11,14H,6-9H2,1-5H3. The fourth-order valence-corrected chi connectivity index (χ4v) is 1.80. The fourth-order valence-electron chi connectivity index (χ4n) is 1.80. The van der Waals surface area contributed by atoms with Gasteiger partial charge < -0.3 is 19.7 Å². The van der Waals surface area contributed by atoms with Gasteiger partial charge >= 0.3 is 6.09 Å². The average Bonchev–Trinajstić information content (AvgIpc) is 2.16. The first kappa shape index (κ1) is 15.2. The molecule has 0 spiro atoms. The van der Waals surface area contributed by atoms with Crippen LogP contribution in [0.5, 0.6) is 0 Å². The summed E-state index contributed by atoms with van der Waals surface area (Å²) in [4.78, 5) is 13.4. The molecule has 1 amide bonds. The Bertz CT molecular complexity index is 270. The van der Waals surface area contributed by atoms with E-state index in [1.807, 2.05) is 27.7 Å². The minimum Gasteiger partial charge on any atom is -0.444 e. The van der Waals surface area contributed by atoms with Crippen LogP contribution in [0.1, 0.15) is 34.6 Å². The molecular weight excluding hydrogens is 232 g/mol. The summed E-state index contributed by atoms with van der Waals surface area (Å²) in [7, 11) is 0. The zero-order valence-electron chi connectivity index (χ0n) is 12.2. The van der Waals surface area contributed by atoms with Gasteiger partial charge in [0.2, 0.25) is 0 Å². The molecule has 0 saturated carbocycles. The molecule has 0 aromatic rings. The van der Waals surface area contributed by atoms with Gasteiger partial charge in [0.15, 0.2) is 0 Å². The van der Waals surface area contributed by atoms with E-state index >= 15 is 0 Å². The van der Waals surface area contributed by atoms with Crippen LogP contribution in [0.3, 0.4) is 0 Å². The molecule has 5 nitrogen and oxygen atoms in total. The van der Waals surface area contributed by atoms with Crippen molar-refractivity contribution < 1.29 is 14.3 Å². The molecule has 18 heavy (non-hydrogen) atoms. The van der Waals surface area contributed by atoms with Gasteiger partial charge in [0, 0.05) is 31.8 Å². The van der Waals surface area contributed by atoms with Crippen LogP contribution >= 0.6 is 0 Å². The van der Waals surface area contributed by atoms with Gasteiger partial charge in [0.1, 0.15) is 5.60 Å². The molecule has 0 radical (unpaired) electrons. The van der Waals surface area contributed by atoms with E-state index in [2.05, 4.69) is 12.2 Å². The van der Waals surface area contributed by atoms with Crippen LogP contribution < -0.4 is 5.32 Å². The van der Waals surface area contributed by atoms with Crippen LogP contribution in [-0.4, -0.2) is 55.0 Å². The van der Waals surface area contributed by atoms with E-state index in [4.69, 9.17) is 9.47 Å². The summed E-state index contributed by atoms with van der Waals surface area (Å²) >= 11 is 0. The topological polar surface area (TPSA) is 50.8 Å². The van der Waals surface area contributed by atoms with Gasteiger partial charge in [-0.2, -0.15) is 0 Å². The lowest BCUT2D eigenvalue weighted by atomic mass is 10.1. The summed E-state index contributed by atoms with van der Waals surface area (Å²) < 4.78 is 10.6. The van der Waals surface area contributed by atoms with Crippen molar-refractivity contribution in [1.29, 1.82) is 0 Å². The maximum Gasteiger partial charge on any atom is 0.410 e. The number of carbonyl (C=O) groups is 1. The van der Waals surface area contributed by atoms with Gasteiger partial charge in [-0.25, -0.2) is 4.79 Å². The quantitative estimate of drug-likeness (QED) is 0.814. The first-order valence-corrected chi connectivity index (χ1v) is 6.63. The molecule has 1 aliphatic rings. The van der Waals surface area contributed by atoms with Gasteiger partial charge in [-0.05, 0) is 34.6 Å². The SMILES string of the molecule is CCOCC(C)NC1CN(C(=O)OC(C)(C)C)C1. The second-order valence-corrected chi connectivity index (χ2v) is 5.81. The maximum absolute atomic E-state index is 11.7. The number of nitrogens with zero attached hydrogens (tertiary/aromatic N) is 1. The third-order valence-corrected chi connectivity index (χ3v) is 2.63. The van der Waals surface area contributed by atoms with Crippen molar-refractivity contribution in [3.05, 3.63) is 0 Å². The van der Waals surface area contributed by atoms with E-state index in [9.17, 15) is 4.79 Å². The van der Waals surface area contributed by atoms with Crippen LogP contribution in [0.2, 0.25) is 0 Å². The monoisotopic (exact) mass is 258 g/mol. The van der Waals surface area contributed by atoms with Gasteiger partial charge in [0.25, 0.3) is 0 Å². The lowest BCUT2D eigenvalue weighted by Gasteiger charge is -2.41. The molecular formula is C13H26N2O3. The molecule has 0 aromatic heterocycles. The van der Waals surface area contributed by atoms with Crippen LogP contribution in [0.15, 0.2) is 0 Å². The Labute approximate surface area is 110 Å². The molecule has 0 bridgehead atoms. The highest BCUT2D eigenvalue weighted by Crippen LogP contribution is 2.15. The highest BCUT2D eigenvalue weighted by molar-refractivity contribution is 5.69. The van der Waals surface area contributed by atoms with E-state index in [1.54, 1.807) is 4.90 Å². The van der Waals surface area contributed by atoms with Crippen molar-refractivity contribution in [1.82, 2.24) is 10.2 Å². The zero-order valence-corrected chi connectivity index (χ0v) is 12.2. The molecule has 5 heteroatoms.